The standard InChI is InChI=1S/C13H18OS/c1-15(13-8-5-10-14-13)11-9-12-6-3-2-4-7-12/h2-4,6-7,13H,1,5,8-11H2. The van der Waals surface area contributed by atoms with Crippen LogP contribution in [-0.2, 0) is 11.2 Å². The van der Waals surface area contributed by atoms with E-state index in [9.17, 15) is 0 Å². The van der Waals surface area contributed by atoms with E-state index in [4.69, 9.17) is 4.74 Å². The summed E-state index contributed by atoms with van der Waals surface area (Å²) >= 11 is 0. The summed E-state index contributed by atoms with van der Waals surface area (Å²) < 4.78 is 5.65. The van der Waals surface area contributed by atoms with Gasteiger partial charge in [0.25, 0.3) is 0 Å². The van der Waals surface area contributed by atoms with Crippen molar-refractivity contribution in [3.05, 3.63) is 35.9 Å². The average Bonchev–Trinajstić information content (AvgIpc) is 2.81. The lowest BCUT2D eigenvalue weighted by atomic mass is 10.2. The zero-order valence-corrected chi connectivity index (χ0v) is 9.84. The molecule has 2 unspecified atom stereocenters. The first-order valence-corrected chi connectivity index (χ1v) is 7.14. The lowest BCUT2D eigenvalue weighted by Gasteiger charge is -2.14. The Balaban J connectivity index is 1.80. The Hall–Kier alpha value is -0.600. The van der Waals surface area contributed by atoms with Crippen LogP contribution in [0.4, 0.5) is 0 Å². The molecule has 0 amide bonds. The van der Waals surface area contributed by atoms with Crippen molar-refractivity contribution < 1.29 is 4.74 Å². The van der Waals surface area contributed by atoms with Gasteiger partial charge in [-0.3, -0.25) is 0 Å². The molecule has 1 heterocycles. The molecule has 0 bridgehead atoms. The third kappa shape index (κ3) is 3.18. The molecule has 1 aliphatic rings. The van der Waals surface area contributed by atoms with Crippen molar-refractivity contribution in [2.45, 2.75) is 24.7 Å². The van der Waals surface area contributed by atoms with Crippen LogP contribution in [0.25, 0.3) is 0 Å². The highest BCUT2D eigenvalue weighted by Crippen LogP contribution is 2.29. The fraction of sp³-hybridized carbons (Fsp3) is 0.462. The molecular weight excluding hydrogens is 204 g/mol. The van der Waals surface area contributed by atoms with Crippen LogP contribution >= 0.6 is 10.5 Å². The molecule has 2 heteroatoms. The first-order chi connectivity index (χ1) is 7.36. The molecule has 1 saturated heterocycles. The number of aryl methyl sites for hydroxylation is 1. The van der Waals surface area contributed by atoms with E-state index in [0.717, 1.165) is 18.8 Å². The average molecular weight is 222 g/mol. The topological polar surface area (TPSA) is 9.23 Å². The molecule has 15 heavy (non-hydrogen) atoms. The van der Waals surface area contributed by atoms with Gasteiger partial charge in [-0.15, -0.1) is 0 Å². The lowest BCUT2D eigenvalue weighted by Crippen LogP contribution is -2.04. The predicted octanol–water partition coefficient (Wildman–Crippen LogP) is 3.07. The molecular formula is C13H18OS. The minimum absolute atomic E-state index is 0.182. The predicted molar refractivity (Wildman–Crippen MR) is 68.7 cm³/mol. The molecule has 1 fully saturated rings. The Bertz CT molecular complexity index is 315. The van der Waals surface area contributed by atoms with Crippen molar-refractivity contribution in [3.8, 4) is 0 Å². The minimum Gasteiger partial charge on any atom is -0.368 e. The molecule has 2 atom stereocenters. The molecule has 0 aromatic heterocycles. The molecule has 1 aliphatic heterocycles. The van der Waals surface area contributed by atoms with Crippen LogP contribution in [0.5, 0.6) is 0 Å². The van der Waals surface area contributed by atoms with Gasteiger partial charge in [-0.05, 0) is 30.6 Å². The van der Waals surface area contributed by atoms with Crippen LogP contribution in [0.15, 0.2) is 30.3 Å². The van der Waals surface area contributed by atoms with Crippen molar-refractivity contribution >= 4 is 16.4 Å². The molecule has 0 saturated carbocycles. The molecule has 1 aromatic carbocycles. The highest BCUT2D eigenvalue weighted by Gasteiger charge is 2.17. The maximum absolute atomic E-state index is 5.65. The van der Waals surface area contributed by atoms with Crippen LogP contribution in [-0.4, -0.2) is 23.7 Å². The monoisotopic (exact) mass is 222 g/mol. The van der Waals surface area contributed by atoms with Gasteiger partial charge in [0.2, 0.25) is 0 Å². The van der Waals surface area contributed by atoms with Gasteiger partial charge in [-0.25, -0.2) is 0 Å². The minimum atomic E-state index is 0.182. The summed E-state index contributed by atoms with van der Waals surface area (Å²) in [6.45, 7) is 0.940. The van der Waals surface area contributed by atoms with Gasteiger partial charge in [-0.1, -0.05) is 36.2 Å². The zero-order chi connectivity index (χ0) is 10.5. The second-order valence-corrected chi connectivity index (χ2v) is 5.93. The Morgan fingerprint density at radius 2 is 2.13 bits per heavy atom. The SMILES string of the molecule is C=S(CCc1ccccc1)C1CCCO1. The third-order valence-electron chi connectivity index (χ3n) is 2.76. The lowest BCUT2D eigenvalue weighted by molar-refractivity contribution is 0.173. The third-order valence-corrected chi connectivity index (χ3v) is 4.60. The van der Waals surface area contributed by atoms with Gasteiger partial charge in [-0.2, -0.15) is 10.5 Å². The first-order valence-electron chi connectivity index (χ1n) is 5.51. The van der Waals surface area contributed by atoms with E-state index in [1.165, 1.54) is 18.4 Å². The molecule has 0 radical (unpaired) electrons. The summed E-state index contributed by atoms with van der Waals surface area (Å²) in [6, 6.07) is 10.6. The summed E-state index contributed by atoms with van der Waals surface area (Å²) in [6.07, 6.45) is 3.56. The molecule has 82 valence electrons. The maximum atomic E-state index is 5.65. The Morgan fingerprint density at radius 3 is 2.80 bits per heavy atom. The highest BCUT2D eigenvalue weighted by atomic mass is 32.2. The summed E-state index contributed by atoms with van der Waals surface area (Å²) in [5.41, 5.74) is 1.85. The number of hydrogen-bond donors (Lipinski definition) is 0. The van der Waals surface area contributed by atoms with E-state index < -0.39 is 0 Å². The van der Waals surface area contributed by atoms with Crippen LogP contribution in [0.2, 0.25) is 0 Å². The Kier molecular flexibility index (Phi) is 3.98. The smallest absolute Gasteiger partial charge is 0.0976 e. The molecule has 1 nitrogen and oxygen atoms in total. The highest BCUT2D eigenvalue weighted by molar-refractivity contribution is 8.14. The molecule has 2 rings (SSSR count). The van der Waals surface area contributed by atoms with Crippen molar-refractivity contribution in [2.24, 2.45) is 0 Å². The molecule has 0 N–H and O–H groups in total. The van der Waals surface area contributed by atoms with E-state index >= 15 is 0 Å². The van der Waals surface area contributed by atoms with Crippen molar-refractivity contribution in [3.63, 3.8) is 0 Å². The number of benzene rings is 1. The van der Waals surface area contributed by atoms with Crippen LogP contribution < -0.4 is 0 Å². The van der Waals surface area contributed by atoms with E-state index in [-0.39, 0.29) is 10.5 Å². The Labute approximate surface area is 94.4 Å². The van der Waals surface area contributed by atoms with E-state index in [1.54, 1.807) is 0 Å². The van der Waals surface area contributed by atoms with Crippen molar-refractivity contribution in [1.29, 1.82) is 0 Å². The van der Waals surface area contributed by atoms with E-state index in [1.807, 2.05) is 0 Å². The number of hydrogen-bond acceptors (Lipinski definition) is 1. The van der Waals surface area contributed by atoms with Crippen molar-refractivity contribution in [2.75, 3.05) is 12.4 Å². The number of rotatable bonds is 4. The van der Waals surface area contributed by atoms with E-state index in [0.29, 0.717) is 5.44 Å². The van der Waals surface area contributed by atoms with Gasteiger partial charge in [0, 0.05) is 6.61 Å². The fourth-order valence-corrected chi connectivity index (χ4v) is 3.39. The molecule has 0 aliphatic carbocycles. The quantitative estimate of drug-likeness (QED) is 0.711. The Morgan fingerprint density at radius 1 is 1.33 bits per heavy atom. The molecule has 1 aromatic rings. The van der Waals surface area contributed by atoms with Crippen LogP contribution in [0.1, 0.15) is 18.4 Å². The van der Waals surface area contributed by atoms with Gasteiger partial charge >= 0.3 is 0 Å². The second kappa shape index (κ2) is 5.47. The van der Waals surface area contributed by atoms with E-state index in [2.05, 4.69) is 36.2 Å². The maximum Gasteiger partial charge on any atom is 0.0976 e. The van der Waals surface area contributed by atoms with Gasteiger partial charge < -0.3 is 4.74 Å². The fourth-order valence-electron chi connectivity index (χ4n) is 1.84. The summed E-state index contributed by atoms with van der Waals surface area (Å²) in [4.78, 5) is 0. The zero-order valence-electron chi connectivity index (χ0n) is 9.02. The molecule has 0 spiro atoms. The second-order valence-electron chi connectivity index (χ2n) is 3.92. The normalized spacial score (nSPS) is 22.8. The largest absolute Gasteiger partial charge is 0.368 e. The first kappa shape index (κ1) is 10.9. The van der Waals surface area contributed by atoms with Gasteiger partial charge in [0.05, 0.1) is 5.44 Å². The van der Waals surface area contributed by atoms with Gasteiger partial charge in [0.15, 0.2) is 0 Å². The van der Waals surface area contributed by atoms with Crippen molar-refractivity contribution in [1.82, 2.24) is 0 Å². The summed E-state index contributed by atoms with van der Waals surface area (Å²) in [5.74, 6) is 5.40. The van der Waals surface area contributed by atoms with Crippen LogP contribution in [0.3, 0.4) is 0 Å². The van der Waals surface area contributed by atoms with Gasteiger partial charge in [0.1, 0.15) is 0 Å². The van der Waals surface area contributed by atoms with Crippen LogP contribution in [0, 0.1) is 0 Å². The summed E-state index contributed by atoms with van der Waals surface area (Å²) in [5, 5.41) is 0. The summed E-state index contributed by atoms with van der Waals surface area (Å²) in [7, 11) is 0.182. The number of ether oxygens (including phenoxy) is 1.